The number of ketones is 2. The van der Waals surface area contributed by atoms with E-state index in [1.54, 1.807) is 48.8 Å². The summed E-state index contributed by atoms with van der Waals surface area (Å²) in [4.78, 5) is 60.4. The molecule has 182 valence electrons. The molecule has 0 spiro atoms. The molecule has 1 aliphatic heterocycles. The van der Waals surface area contributed by atoms with Gasteiger partial charge in [-0.2, -0.15) is 0 Å². The van der Waals surface area contributed by atoms with Crippen LogP contribution in [0.2, 0.25) is 0 Å². The molecule has 9 nitrogen and oxygen atoms in total. The van der Waals surface area contributed by atoms with Crippen molar-refractivity contribution in [2.75, 3.05) is 18.0 Å². The van der Waals surface area contributed by atoms with Gasteiger partial charge >= 0.3 is 6.09 Å². The molecule has 0 saturated carbocycles. The van der Waals surface area contributed by atoms with Crippen molar-refractivity contribution in [3.05, 3.63) is 89.5 Å². The van der Waals surface area contributed by atoms with Gasteiger partial charge in [0.1, 0.15) is 17.8 Å². The van der Waals surface area contributed by atoms with Crippen LogP contribution in [0.5, 0.6) is 0 Å². The van der Waals surface area contributed by atoms with E-state index in [4.69, 9.17) is 4.74 Å². The van der Waals surface area contributed by atoms with E-state index in [9.17, 15) is 19.2 Å². The number of Topliss-reactive ketones (excluding diaryl/α,β-unsaturated/α-hetero) is 2. The molecule has 36 heavy (non-hydrogen) atoms. The van der Waals surface area contributed by atoms with Crippen LogP contribution >= 0.6 is 0 Å². The lowest BCUT2D eigenvalue weighted by Gasteiger charge is -2.19. The van der Waals surface area contributed by atoms with Gasteiger partial charge in [0.25, 0.3) is 5.91 Å². The molecule has 1 aromatic carbocycles. The summed E-state index contributed by atoms with van der Waals surface area (Å²) in [5.41, 5.74) is 2.98. The number of rotatable bonds is 6. The minimum atomic E-state index is -0.887. The zero-order valence-electron chi connectivity index (χ0n) is 19.4. The van der Waals surface area contributed by atoms with E-state index in [-0.39, 0.29) is 30.6 Å². The SMILES string of the molecule is O=C(NC[C@H]1CN(c2ccc3c(c2)CCCC(=O)[C@@H]3C(=O)c2cccnc2)C(=O)O1)c1cccnc1. The van der Waals surface area contributed by atoms with Crippen molar-refractivity contribution >= 4 is 29.3 Å². The maximum atomic E-state index is 13.2. The largest absolute Gasteiger partial charge is 0.442 e. The number of amides is 2. The maximum Gasteiger partial charge on any atom is 0.414 e. The van der Waals surface area contributed by atoms with Gasteiger partial charge in [-0.1, -0.05) is 6.07 Å². The summed E-state index contributed by atoms with van der Waals surface area (Å²) in [7, 11) is 0. The van der Waals surface area contributed by atoms with E-state index in [1.165, 1.54) is 17.3 Å². The van der Waals surface area contributed by atoms with E-state index in [2.05, 4.69) is 15.3 Å². The molecular weight excluding hydrogens is 460 g/mol. The van der Waals surface area contributed by atoms with Gasteiger partial charge in [0, 0.05) is 42.5 Å². The van der Waals surface area contributed by atoms with Gasteiger partial charge in [0.15, 0.2) is 5.78 Å². The van der Waals surface area contributed by atoms with Gasteiger partial charge in [0.05, 0.1) is 18.7 Å². The Labute approximate surface area is 207 Å². The molecule has 1 fully saturated rings. The number of nitrogens with zero attached hydrogens (tertiary/aromatic N) is 3. The minimum Gasteiger partial charge on any atom is -0.442 e. The zero-order chi connectivity index (χ0) is 25.1. The van der Waals surface area contributed by atoms with Gasteiger partial charge < -0.3 is 10.1 Å². The maximum absolute atomic E-state index is 13.2. The third kappa shape index (κ3) is 4.72. The lowest BCUT2D eigenvalue weighted by Crippen LogP contribution is -2.34. The van der Waals surface area contributed by atoms with Crippen LogP contribution < -0.4 is 10.2 Å². The van der Waals surface area contributed by atoms with E-state index >= 15 is 0 Å². The Morgan fingerprint density at radius 2 is 1.75 bits per heavy atom. The normalized spacial score (nSPS) is 19.3. The van der Waals surface area contributed by atoms with Crippen molar-refractivity contribution in [2.45, 2.75) is 31.3 Å². The Hall–Kier alpha value is -4.40. The van der Waals surface area contributed by atoms with E-state index in [0.717, 1.165) is 5.56 Å². The average Bonchev–Trinajstić information content (AvgIpc) is 3.20. The molecular formula is C27H24N4O5. The number of fused-ring (bicyclic) bond motifs is 1. The molecule has 1 N–H and O–H groups in total. The monoisotopic (exact) mass is 484 g/mol. The van der Waals surface area contributed by atoms with Crippen molar-refractivity contribution in [3.63, 3.8) is 0 Å². The van der Waals surface area contributed by atoms with Crippen LogP contribution in [0.25, 0.3) is 0 Å². The standard InChI is InChI=1S/C27H24N4O5/c32-23-7-1-4-17-12-20(8-9-22(17)24(23)25(33)18-5-2-10-28-13-18)31-16-21(36-27(31)35)15-30-26(34)19-6-3-11-29-14-19/h2-3,5-6,8-14,21,24H,1,4,7,15-16H2,(H,30,34)/t21-,24+/m0/s1. The Kier molecular flexibility index (Phi) is 6.53. The molecule has 0 unspecified atom stereocenters. The van der Waals surface area contributed by atoms with E-state index in [1.807, 2.05) is 6.07 Å². The van der Waals surface area contributed by atoms with E-state index in [0.29, 0.717) is 41.6 Å². The quantitative estimate of drug-likeness (QED) is 0.324. The van der Waals surface area contributed by atoms with Crippen LogP contribution in [-0.4, -0.2) is 52.7 Å². The molecule has 1 aliphatic carbocycles. The summed E-state index contributed by atoms with van der Waals surface area (Å²) in [6.45, 7) is 0.430. The number of ether oxygens (including phenoxy) is 1. The van der Waals surface area contributed by atoms with Gasteiger partial charge in [-0.3, -0.25) is 29.3 Å². The second-order valence-electron chi connectivity index (χ2n) is 8.81. The number of anilines is 1. The highest BCUT2D eigenvalue weighted by molar-refractivity contribution is 6.15. The average molecular weight is 485 g/mol. The number of carbonyl (C=O) groups excluding carboxylic acids is 4. The molecule has 2 aromatic heterocycles. The Balaban J connectivity index is 1.32. The first kappa shape index (κ1) is 23.3. The Bertz CT molecular complexity index is 1310. The number of hydrogen-bond donors (Lipinski definition) is 1. The third-order valence-corrected chi connectivity index (χ3v) is 6.44. The molecule has 9 heteroatoms. The molecule has 2 aliphatic rings. The van der Waals surface area contributed by atoms with Crippen molar-refractivity contribution in [1.29, 1.82) is 0 Å². The molecule has 3 aromatic rings. The van der Waals surface area contributed by atoms with Gasteiger partial charge in [-0.05, 0) is 60.4 Å². The molecule has 2 atom stereocenters. The molecule has 3 heterocycles. The topological polar surface area (TPSA) is 119 Å². The highest BCUT2D eigenvalue weighted by Gasteiger charge is 2.36. The fraction of sp³-hybridized carbons (Fsp3) is 0.259. The van der Waals surface area contributed by atoms with Gasteiger partial charge in [-0.25, -0.2) is 4.79 Å². The smallest absolute Gasteiger partial charge is 0.414 e. The fourth-order valence-electron chi connectivity index (χ4n) is 4.64. The Morgan fingerprint density at radius 3 is 2.47 bits per heavy atom. The first-order valence-electron chi connectivity index (χ1n) is 11.8. The molecule has 0 radical (unpaired) electrons. The number of carbonyl (C=O) groups is 4. The van der Waals surface area contributed by atoms with E-state index < -0.39 is 18.1 Å². The number of pyridine rings is 2. The Morgan fingerprint density at radius 1 is 1.00 bits per heavy atom. The number of aromatic nitrogens is 2. The number of benzene rings is 1. The second kappa shape index (κ2) is 10.1. The van der Waals surface area contributed by atoms with Crippen LogP contribution in [-0.2, 0) is 16.0 Å². The zero-order valence-corrected chi connectivity index (χ0v) is 19.4. The number of aryl methyl sites for hydroxylation is 1. The fourth-order valence-corrected chi connectivity index (χ4v) is 4.64. The second-order valence-corrected chi connectivity index (χ2v) is 8.81. The molecule has 1 saturated heterocycles. The van der Waals surface area contributed by atoms with Crippen molar-refractivity contribution in [2.24, 2.45) is 0 Å². The summed E-state index contributed by atoms with van der Waals surface area (Å²) in [6.07, 6.45) is 6.64. The summed E-state index contributed by atoms with van der Waals surface area (Å²) in [5, 5.41) is 2.77. The third-order valence-electron chi connectivity index (χ3n) is 6.44. The lowest BCUT2D eigenvalue weighted by molar-refractivity contribution is -0.119. The van der Waals surface area contributed by atoms with Crippen LogP contribution in [0.4, 0.5) is 10.5 Å². The predicted molar refractivity (Wildman–Crippen MR) is 130 cm³/mol. The predicted octanol–water partition coefficient (Wildman–Crippen LogP) is 3.10. The van der Waals surface area contributed by atoms with Crippen molar-refractivity contribution in [3.8, 4) is 0 Å². The minimum absolute atomic E-state index is 0.111. The van der Waals surface area contributed by atoms with Gasteiger partial charge in [-0.15, -0.1) is 0 Å². The molecule has 5 rings (SSSR count). The van der Waals surface area contributed by atoms with Crippen LogP contribution in [0.15, 0.2) is 67.3 Å². The highest BCUT2D eigenvalue weighted by atomic mass is 16.6. The highest BCUT2D eigenvalue weighted by Crippen LogP contribution is 2.34. The van der Waals surface area contributed by atoms with Crippen LogP contribution in [0.3, 0.4) is 0 Å². The molecule has 0 bridgehead atoms. The molecule has 2 amide bonds. The van der Waals surface area contributed by atoms with Crippen molar-refractivity contribution in [1.82, 2.24) is 15.3 Å². The first-order valence-corrected chi connectivity index (χ1v) is 11.8. The summed E-state index contributed by atoms with van der Waals surface area (Å²) in [5.74, 6) is -1.56. The van der Waals surface area contributed by atoms with Crippen molar-refractivity contribution < 1.29 is 23.9 Å². The lowest BCUT2D eigenvalue weighted by atomic mass is 9.85. The number of cyclic esters (lactones) is 1. The summed E-state index contributed by atoms with van der Waals surface area (Å²) >= 11 is 0. The summed E-state index contributed by atoms with van der Waals surface area (Å²) < 4.78 is 5.46. The number of hydrogen-bond acceptors (Lipinski definition) is 7. The summed E-state index contributed by atoms with van der Waals surface area (Å²) in [6, 6.07) is 12.0. The first-order chi connectivity index (χ1) is 17.5. The van der Waals surface area contributed by atoms with Gasteiger partial charge in [0.2, 0.25) is 0 Å². The van der Waals surface area contributed by atoms with Crippen LogP contribution in [0.1, 0.15) is 50.6 Å². The van der Waals surface area contributed by atoms with Crippen LogP contribution in [0, 0.1) is 0 Å². The number of nitrogens with one attached hydrogen (secondary N) is 1.